The van der Waals surface area contributed by atoms with Gasteiger partial charge in [-0.05, 0) is 37.3 Å². The monoisotopic (exact) mass is 427 g/mol. The van der Waals surface area contributed by atoms with E-state index in [1.165, 1.54) is 0 Å². The number of hydrogen-bond acceptors (Lipinski definition) is 5. The number of amides is 2. The summed E-state index contributed by atoms with van der Waals surface area (Å²) in [5.41, 5.74) is 3.76. The molecule has 1 aliphatic rings. The standard InChI is InChI=1S/C22H26ClN5O2/c1-16-5-6-21-19(13-16)20(26-30-21)15-25-22(29)24-7-8-27-9-11-28(12-10-27)18-4-2-3-17(23)14-18/h2-6,13-14H,7-12,15H2,1H3,(H2,24,25,29). The number of fused-ring (bicyclic) bond motifs is 1. The second-order valence-corrected chi connectivity index (χ2v) is 7.98. The topological polar surface area (TPSA) is 73.6 Å². The van der Waals surface area contributed by atoms with E-state index in [0.717, 1.165) is 65.7 Å². The molecule has 30 heavy (non-hydrogen) atoms. The van der Waals surface area contributed by atoms with Gasteiger partial charge in [0.1, 0.15) is 5.69 Å². The molecule has 0 atom stereocenters. The van der Waals surface area contributed by atoms with Gasteiger partial charge in [-0.15, -0.1) is 0 Å². The van der Waals surface area contributed by atoms with Crippen LogP contribution < -0.4 is 15.5 Å². The number of anilines is 1. The lowest BCUT2D eigenvalue weighted by atomic mass is 10.1. The van der Waals surface area contributed by atoms with Crippen molar-refractivity contribution in [2.45, 2.75) is 13.5 Å². The van der Waals surface area contributed by atoms with Gasteiger partial charge in [-0.25, -0.2) is 4.79 Å². The number of aromatic nitrogens is 1. The van der Waals surface area contributed by atoms with Gasteiger partial charge >= 0.3 is 6.03 Å². The zero-order valence-corrected chi connectivity index (χ0v) is 17.8. The van der Waals surface area contributed by atoms with E-state index in [0.29, 0.717) is 13.1 Å². The van der Waals surface area contributed by atoms with E-state index >= 15 is 0 Å². The van der Waals surface area contributed by atoms with Crippen molar-refractivity contribution in [3.8, 4) is 0 Å². The number of nitrogens with one attached hydrogen (secondary N) is 2. The molecule has 1 saturated heterocycles. The molecular weight excluding hydrogens is 402 g/mol. The highest BCUT2D eigenvalue weighted by molar-refractivity contribution is 6.30. The number of urea groups is 1. The van der Waals surface area contributed by atoms with Crippen LogP contribution in [0.15, 0.2) is 47.0 Å². The number of nitrogens with zero attached hydrogens (tertiary/aromatic N) is 3. The van der Waals surface area contributed by atoms with Crippen LogP contribution >= 0.6 is 11.6 Å². The molecule has 4 rings (SSSR count). The molecule has 2 N–H and O–H groups in total. The molecule has 2 amide bonds. The third kappa shape index (κ3) is 5.04. The zero-order chi connectivity index (χ0) is 20.9. The Hall–Kier alpha value is -2.77. The summed E-state index contributed by atoms with van der Waals surface area (Å²) in [5, 5.41) is 11.5. The summed E-state index contributed by atoms with van der Waals surface area (Å²) in [7, 11) is 0. The maximum absolute atomic E-state index is 12.1. The minimum absolute atomic E-state index is 0.198. The zero-order valence-electron chi connectivity index (χ0n) is 17.0. The molecule has 2 heterocycles. The Morgan fingerprint density at radius 3 is 2.77 bits per heavy atom. The molecule has 3 aromatic rings. The predicted octanol–water partition coefficient (Wildman–Crippen LogP) is 3.41. The first kappa shape index (κ1) is 20.5. The summed E-state index contributed by atoms with van der Waals surface area (Å²) < 4.78 is 5.30. The molecular formula is C22H26ClN5O2. The lowest BCUT2D eigenvalue weighted by Gasteiger charge is -2.36. The smallest absolute Gasteiger partial charge is 0.315 e. The van der Waals surface area contributed by atoms with E-state index in [-0.39, 0.29) is 6.03 Å². The van der Waals surface area contributed by atoms with Crippen LogP contribution in [-0.4, -0.2) is 55.4 Å². The molecule has 158 valence electrons. The van der Waals surface area contributed by atoms with Crippen molar-refractivity contribution in [3.63, 3.8) is 0 Å². The number of aryl methyl sites for hydroxylation is 1. The molecule has 2 aromatic carbocycles. The minimum Gasteiger partial charge on any atom is -0.369 e. The van der Waals surface area contributed by atoms with Crippen molar-refractivity contribution >= 4 is 34.3 Å². The molecule has 7 nitrogen and oxygen atoms in total. The fraction of sp³-hybridized carbons (Fsp3) is 0.364. The largest absolute Gasteiger partial charge is 0.369 e. The Labute approximate surface area is 180 Å². The molecule has 0 spiro atoms. The van der Waals surface area contributed by atoms with Crippen LogP contribution in [0.3, 0.4) is 0 Å². The molecule has 8 heteroatoms. The number of benzene rings is 2. The first-order valence-electron chi connectivity index (χ1n) is 10.2. The van der Waals surface area contributed by atoms with E-state index in [4.69, 9.17) is 16.1 Å². The van der Waals surface area contributed by atoms with Crippen molar-refractivity contribution < 1.29 is 9.32 Å². The number of rotatable bonds is 6. The predicted molar refractivity (Wildman–Crippen MR) is 119 cm³/mol. The van der Waals surface area contributed by atoms with Gasteiger partial charge in [0.15, 0.2) is 5.58 Å². The van der Waals surface area contributed by atoms with Gasteiger partial charge in [0.2, 0.25) is 0 Å². The molecule has 0 unspecified atom stereocenters. The van der Waals surface area contributed by atoms with Gasteiger partial charge in [-0.2, -0.15) is 0 Å². The molecule has 0 radical (unpaired) electrons. The highest BCUT2D eigenvalue weighted by Crippen LogP contribution is 2.21. The first-order valence-corrected chi connectivity index (χ1v) is 10.6. The first-order chi connectivity index (χ1) is 14.6. The molecule has 0 saturated carbocycles. The number of halogens is 1. The van der Waals surface area contributed by atoms with Gasteiger partial charge in [-0.1, -0.05) is 34.5 Å². The summed E-state index contributed by atoms with van der Waals surface area (Å²) >= 11 is 6.09. The van der Waals surface area contributed by atoms with Crippen LogP contribution in [0, 0.1) is 6.92 Å². The average molecular weight is 428 g/mol. The van der Waals surface area contributed by atoms with Crippen LogP contribution in [0.5, 0.6) is 0 Å². The SMILES string of the molecule is Cc1ccc2onc(CNC(=O)NCCN3CCN(c4cccc(Cl)c4)CC3)c2c1. The van der Waals surface area contributed by atoms with Crippen molar-refractivity contribution in [3.05, 3.63) is 58.7 Å². The van der Waals surface area contributed by atoms with Crippen molar-refractivity contribution in [1.82, 2.24) is 20.7 Å². The van der Waals surface area contributed by atoms with Gasteiger partial charge < -0.3 is 20.1 Å². The third-order valence-electron chi connectivity index (χ3n) is 5.38. The van der Waals surface area contributed by atoms with E-state index in [2.05, 4.69) is 31.7 Å². The fourth-order valence-electron chi connectivity index (χ4n) is 3.69. The van der Waals surface area contributed by atoms with E-state index in [9.17, 15) is 4.79 Å². The maximum atomic E-state index is 12.1. The molecule has 1 aromatic heterocycles. The van der Waals surface area contributed by atoms with Gasteiger partial charge in [0.25, 0.3) is 0 Å². The van der Waals surface area contributed by atoms with Gasteiger partial charge in [0, 0.05) is 55.4 Å². The Bertz CT molecular complexity index is 1010. The average Bonchev–Trinajstić information content (AvgIpc) is 3.15. The van der Waals surface area contributed by atoms with Crippen molar-refractivity contribution in [2.75, 3.05) is 44.2 Å². The summed E-state index contributed by atoms with van der Waals surface area (Å²) in [6, 6.07) is 13.7. The Morgan fingerprint density at radius 1 is 1.13 bits per heavy atom. The van der Waals surface area contributed by atoms with E-state index < -0.39 is 0 Å². The molecule has 0 bridgehead atoms. The molecule has 1 aliphatic heterocycles. The summed E-state index contributed by atoms with van der Waals surface area (Å²) in [4.78, 5) is 16.8. The van der Waals surface area contributed by atoms with E-state index in [1.54, 1.807) is 0 Å². The highest BCUT2D eigenvalue weighted by atomic mass is 35.5. The van der Waals surface area contributed by atoms with Crippen LogP contribution in [0.25, 0.3) is 11.0 Å². The molecule has 0 aliphatic carbocycles. The number of piperazine rings is 1. The number of carbonyl (C=O) groups is 1. The van der Waals surface area contributed by atoms with Crippen LogP contribution in [0.2, 0.25) is 5.02 Å². The van der Waals surface area contributed by atoms with Gasteiger partial charge in [0.05, 0.1) is 6.54 Å². The van der Waals surface area contributed by atoms with E-state index in [1.807, 2.05) is 43.3 Å². The second kappa shape index (κ2) is 9.36. The van der Waals surface area contributed by atoms with Crippen molar-refractivity contribution in [2.24, 2.45) is 0 Å². The summed E-state index contributed by atoms with van der Waals surface area (Å²) in [6.45, 7) is 7.59. The Kier molecular flexibility index (Phi) is 6.40. The Morgan fingerprint density at radius 2 is 1.97 bits per heavy atom. The molecule has 1 fully saturated rings. The van der Waals surface area contributed by atoms with Gasteiger partial charge in [-0.3, -0.25) is 4.90 Å². The Balaban J connectivity index is 1.17. The summed E-state index contributed by atoms with van der Waals surface area (Å²) in [5.74, 6) is 0. The minimum atomic E-state index is -0.198. The fourth-order valence-corrected chi connectivity index (χ4v) is 3.87. The lowest BCUT2D eigenvalue weighted by Crippen LogP contribution is -2.49. The second-order valence-electron chi connectivity index (χ2n) is 7.55. The third-order valence-corrected chi connectivity index (χ3v) is 5.61. The van der Waals surface area contributed by atoms with Crippen LogP contribution in [-0.2, 0) is 6.54 Å². The van der Waals surface area contributed by atoms with Crippen LogP contribution in [0.4, 0.5) is 10.5 Å². The number of hydrogen-bond donors (Lipinski definition) is 2. The summed E-state index contributed by atoms with van der Waals surface area (Å²) in [6.07, 6.45) is 0. The van der Waals surface area contributed by atoms with Crippen LogP contribution in [0.1, 0.15) is 11.3 Å². The normalized spacial score (nSPS) is 14.8. The maximum Gasteiger partial charge on any atom is 0.315 e. The number of carbonyl (C=O) groups excluding carboxylic acids is 1. The quantitative estimate of drug-likeness (QED) is 0.630. The lowest BCUT2D eigenvalue weighted by molar-refractivity contribution is 0.231. The highest BCUT2D eigenvalue weighted by Gasteiger charge is 2.17. The van der Waals surface area contributed by atoms with Crippen molar-refractivity contribution in [1.29, 1.82) is 0 Å².